The van der Waals surface area contributed by atoms with Crippen molar-refractivity contribution in [2.24, 2.45) is 12.0 Å². The molecule has 2 heterocycles. The van der Waals surface area contributed by atoms with Gasteiger partial charge in [-0.1, -0.05) is 24.3 Å². The third-order valence-corrected chi connectivity index (χ3v) is 3.71. The number of hydrogen-bond donors (Lipinski definition) is 2. The van der Waals surface area contributed by atoms with Crippen LogP contribution in [0.5, 0.6) is 0 Å². The Balaban J connectivity index is 1.74. The molecule has 0 saturated heterocycles. The van der Waals surface area contributed by atoms with Crippen LogP contribution in [-0.4, -0.2) is 32.3 Å². The van der Waals surface area contributed by atoms with Gasteiger partial charge in [-0.15, -0.1) is 0 Å². The van der Waals surface area contributed by atoms with Crippen molar-refractivity contribution >= 4 is 16.7 Å². The van der Waals surface area contributed by atoms with Crippen molar-refractivity contribution < 1.29 is 0 Å². The third kappa shape index (κ3) is 3.68. The molecule has 3 rings (SSSR count). The Morgan fingerprint density at radius 2 is 2.04 bits per heavy atom. The van der Waals surface area contributed by atoms with Crippen LogP contribution in [0.3, 0.4) is 0 Å². The summed E-state index contributed by atoms with van der Waals surface area (Å²) in [5.41, 5.74) is 0.962. The van der Waals surface area contributed by atoms with E-state index in [1.54, 1.807) is 11.0 Å². The van der Waals surface area contributed by atoms with E-state index in [4.69, 9.17) is 0 Å². The summed E-state index contributed by atoms with van der Waals surface area (Å²) in [4.78, 5) is 13.3. The lowest BCUT2D eigenvalue weighted by Gasteiger charge is -2.11. The first-order chi connectivity index (χ1) is 11.8. The maximum atomic E-state index is 4.64. The van der Waals surface area contributed by atoms with Crippen molar-refractivity contribution in [1.82, 2.24) is 30.4 Å². The lowest BCUT2D eigenvalue weighted by molar-refractivity contribution is 0.673. The summed E-state index contributed by atoms with van der Waals surface area (Å²) in [6, 6.07) is 10.2. The number of aryl methyl sites for hydroxylation is 1. The van der Waals surface area contributed by atoms with Crippen LogP contribution in [0.4, 0.5) is 0 Å². The van der Waals surface area contributed by atoms with Gasteiger partial charge in [0.2, 0.25) is 0 Å². The summed E-state index contributed by atoms with van der Waals surface area (Å²) in [6.07, 6.45) is 3.37. The lowest BCUT2D eigenvalue weighted by Crippen LogP contribution is -2.37. The molecule has 1 aromatic carbocycles. The van der Waals surface area contributed by atoms with Gasteiger partial charge >= 0.3 is 0 Å². The summed E-state index contributed by atoms with van der Waals surface area (Å²) in [5.74, 6) is 1.58. The van der Waals surface area contributed by atoms with Crippen LogP contribution >= 0.6 is 0 Å². The van der Waals surface area contributed by atoms with E-state index < -0.39 is 0 Å². The Morgan fingerprint density at radius 1 is 1.17 bits per heavy atom. The van der Waals surface area contributed by atoms with Gasteiger partial charge in [0.05, 0.1) is 18.8 Å². The van der Waals surface area contributed by atoms with Crippen LogP contribution in [0.15, 0.2) is 47.8 Å². The number of rotatable bonds is 5. The predicted octanol–water partition coefficient (Wildman–Crippen LogP) is 1.62. The predicted molar refractivity (Wildman–Crippen MR) is 94.4 cm³/mol. The first-order valence-corrected chi connectivity index (χ1v) is 7.95. The fraction of sp³-hybridized carbons (Fsp3) is 0.294. The number of aromatic nitrogens is 4. The van der Waals surface area contributed by atoms with Crippen LogP contribution < -0.4 is 10.6 Å². The monoisotopic (exact) mass is 323 g/mol. The lowest BCUT2D eigenvalue weighted by atomic mass is 10.1. The molecule has 0 radical (unpaired) electrons. The molecule has 7 nitrogen and oxygen atoms in total. The number of nitrogens with zero attached hydrogens (tertiary/aromatic N) is 5. The second-order valence-electron chi connectivity index (χ2n) is 5.33. The minimum Gasteiger partial charge on any atom is -0.357 e. The Labute approximate surface area is 140 Å². The standard InChI is InChI=1S/C17H21N7/c1-3-18-17(21-11-16-22-12-23-24(16)2)20-10-15-14-7-5-4-6-13(14)8-9-19-15/h4-9,12H,3,10-11H2,1-2H3,(H2,18,20,21). The van der Waals surface area contributed by atoms with E-state index >= 15 is 0 Å². The smallest absolute Gasteiger partial charge is 0.192 e. The molecule has 24 heavy (non-hydrogen) atoms. The molecular weight excluding hydrogens is 302 g/mol. The molecule has 0 spiro atoms. The zero-order valence-corrected chi connectivity index (χ0v) is 13.9. The number of benzene rings is 1. The Morgan fingerprint density at radius 3 is 2.83 bits per heavy atom. The summed E-state index contributed by atoms with van der Waals surface area (Å²) in [6.45, 7) is 3.89. The maximum absolute atomic E-state index is 4.64. The van der Waals surface area contributed by atoms with E-state index in [9.17, 15) is 0 Å². The van der Waals surface area contributed by atoms with Gasteiger partial charge in [-0.05, 0) is 18.4 Å². The minimum atomic E-state index is 0.509. The average Bonchev–Trinajstić information content (AvgIpc) is 3.02. The zero-order valence-electron chi connectivity index (χ0n) is 13.9. The number of pyridine rings is 1. The number of hydrogen-bond acceptors (Lipinski definition) is 4. The number of nitrogens with one attached hydrogen (secondary N) is 2. The van der Waals surface area contributed by atoms with Gasteiger partial charge in [0.15, 0.2) is 5.96 Å². The second-order valence-corrected chi connectivity index (χ2v) is 5.33. The van der Waals surface area contributed by atoms with Gasteiger partial charge in [0, 0.05) is 25.2 Å². The highest BCUT2D eigenvalue weighted by Gasteiger charge is 2.04. The molecule has 0 bridgehead atoms. The van der Waals surface area contributed by atoms with E-state index in [1.165, 1.54) is 5.39 Å². The zero-order chi connectivity index (χ0) is 16.8. The highest BCUT2D eigenvalue weighted by atomic mass is 15.3. The van der Waals surface area contributed by atoms with Gasteiger partial charge in [0.25, 0.3) is 0 Å². The van der Waals surface area contributed by atoms with E-state index in [2.05, 4.69) is 42.8 Å². The molecule has 3 aromatic rings. The number of fused-ring (bicyclic) bond motifs is 1. The molecule has 0 fully saturated rings. The quantitative estimate of drug-likeness (QED) is 0.551. The molecule has 124 valence electrons. The van der Waals surface area contributed by atoms with Crippen LogP contribution in [0.2, 0.25) is 0 Å². The van der Waals surface area contributed by atoms with E-state index in [1.807, 2.05) is 38.4 Å². The van der Waals surface area contributed by atoms with Crippen LogP contribution in [0.25, 0.3) is 10.8 Å². The highest BCUT2D eigenvalue weighted by molar-refractivity contribution is 5.85. The summed E-state index contributed by atoms with van der Waals surface area (Å²) in [7, 11) is 1.87. The fourth-order valence-corrected chi connectivity index (χ4v) is 2.45. The fourth-order valence-electron chi connectivity index (χ4n) is 2.45. The van der Waals surface area contributed by atoms with E-state index in [-0.39, 0.29) is 0 Å². The topological polar surface area (TPSA) is 80.0 Å². The maximum Gasteiger partial charge on any atom is 0.192 e. The molecule has 2 N–H and O–H groups in total. The molecule has 0 atom stereocenters. The van der Waals surface area contributed by atoms with Crippen LogP contribution in [-0.2, 0) is 20.1 Å². The van der Waals surface area contributed by atoms with E-state index in [0.29, 0.717) is 13.1 Å². The third-order valence-electron chi connectivity index (χ3n) is 3.71. The molecule has 7 heteroatoms. The minimum absolute atomic E-state index is 0.509. The van der Waals surface area contributed by atoms with Crippen molar-refractivity contribution in [3.05, 3.63) is 54.4 Å². The van der Waals surface area contributed by atoms with Gasteiger partial charge in [-0.3, -0.25) is 9.67 Å². The van der Waals surface area contributed by atoms with Gasteiger partial charge in [-0.25, -0.2) is 9.98 Å². The van der Waals surface area contributed by atoms with Crippen molar-refractivity contribution in [1.29, 1.82) is 0 Å². The van der Waals surface area contributed by atoms with Crippen LogP contribution in [0.1, 0.15) is 18.4 Å². The van der Waals surface area contributed by atoms with E-state index in [0.717, 1.165) is 29.4 Å². The Hall–Kier alpha value is -2.96. The second kappa shape index (κ2) is 7.54. The molecule has 0 aliphatic carbocycles. The van der Waals surface area contributed by atoms with Gasteiger partial charge in [0.1, 0.15) is 12.2 Å². The molecule has 0 aliphatic heterocycles. The Kier molecular flexibility index (Phi) is 5.00. The average molecular weight is 323 g/mol. The summed E-state index contributed by atoms with van der Waals surface area (Å²) < 4.78 is 1.74. The SMILES string of the molecule is CCNC(=NCc1nccc2ccccc12)NCc1ncnn1C. The molecular formula is C17H21N7. The van der Waals surface area contributed by atoms with Crippen LogP contribution in [0, 0.1) is 0 Å². The summed E-state index contributed by atoms with van der Waals surface area (Å²) in [5, 5.41) is 12.9. The molecule has 0 unspecified atom stereocenters. The van der Waals surface area contributed by atoms with Crippen molar-refractivity contribution in [2.45, 2.75) is 20.0 Å². The van der Waals surface area contributed by atoms with Gasteiger partial charge < -0.3 is 10.6 Å². The largest absolute Gasteiger partial charge is 0.357 e. The number of aliphatic imine (C=N–C) groups is 1. The highest BCUT2D eigenvalue weighted by Crippen LogP contribution is 2.16. The number of guanidine groups is 1. The molecule has 0 aliphatic rings. The Bertz CT molecular complexity index is 832. The van der Waals surface area contributed by atoms with Gasteiger partial charge in [-0.2, -0.15) is 5.10 Å². The molecule has 0 amide bonds. The first-order valence-electron chi connectivity index (χ1n) is 7.95. The normalized spacial score (nSPS) is 11.7. The summed E-state index contributed by atoms with van der Waals surface area (Å²) >= 11 is 0. The molecule has 0 saturated carbocycles. The first kappa shape index (κ1) is 15.9. The molecule has 2 aromatic heterocycles. The van der Waals surface area contributed by atoms with Crippen molar-refractivity contribution in [3.8, 4) is 0 Å². The van der Waals surface area contributed by atoms with Crippen molar-refractivity contribution in [3.63, 3.8) is 0 Å². The van der Waals surface area contributed by atoms with Crippen molar-refractivity contribution in [2.75, 3.05) is 6.54 Å².